The molecule has 1 saturated heterocycles. The molecular formula is C27H24Cl2N4O2. The molecule has 5 rings (SSSR count). The van der Waals surface area contributed by atoms with Crippen LogP contribution < -0.4 is 0 Å². The Kier molecular flexibility index (Phi) is 7.04. The number of halogens is 2. The number of nitrogens with zero attached hydrogens (tertiary/aromatic N) is 4. The highest BCUT2D eigenvalue weighted by atomic mass is 35.5. The summed E-state index contributed by atoms with van der Waals surface area (Å²) in [6, 6.07) is 20.8. The fourth-order valence-electron chi connectivity index (χ4n) is 4.09. The third kappa shape index (κ3) is 5.35. The fraction of sp³-hybridized carbons (Fsp3) is 0.185. The van der Waals surface area contributed by atoms with Crippen LogP contribution >= 0.6 is 23.2 Å². The predicted molar refractivity (Wildman–Crippen MR) is 139 cm³/mol. The topological polar surface area (TPSA) is 54.5 Å². The van der Waals surface area contributed by atoms with E-state index in [0.29, 0.717) is 46.0 Å². The largest absolute Gasteiger partial charge is 0.463 e. The van der Waals surface area contributed by atoms with Crippen molar-refractivity contribution in [2.75, 3.05) is 32.7 Å². The number of benzene rings is 2. The molecule has 0 saturated carbocycles. The van der Waals surface area contributed by atoms with Crippen molar-refractivity contribution in [1.29, 1.82) is 0 Å². The zero-order chi connectivity index (χ0) is 24.2. The Hall–Kier alpha value is -3.32. The number of rotatable bonds is 6. The molecule has 0 aliphatic carbocycles. The summed E-state index contributed by atoms with van der Waals surface area (Å²) in [5, 5.41) is 5.49. The summed E-state index contributed by atoms with van der Waals surface area (Å²) in [7, 11) is 0. The second-order valence-electron chi connectivity index (χ2n) is 8.31. The molecule has 35 heavy (non-hydrogen) atoms. The minimum absolute atomic E-state index is 0.0825. The number of hydrogen-bond acceptors (Lipinski definition) is 4. The third-order valence-electron chi connectivity index (χ3n) is 5.98. The van der Waals surface area contributed by atoms with E-state index in [0.717, 1.165) is 19.6 Å². The maximum absolute atomic E-state index is 13.6. The molecule has 0 spiro atoms. The zero-order valence-electron chi connectivity index (χ0n) is 19.0. The zero-order valence-corrected chi connectivity index (χ0v) is 20.5. The first kappa shape index (κ1) is 23.4. The standard InChI is InChI=1S/C27H24Cl2N4O2/c28-22-11-10-21(18-23(22)29)33-25(19-24(30-33)26-9-5-17-35-26)27(34)32-15-13-31(14-16-32)12-4-8-20-6-2-1-3-7-20/h1-11,17-19H,12-16H2/b8-4+. The highest BCUT2D eigenvalue weighted by molar-refractivity contribution is 6.42. The minimum atomic E-state index is -0.0825. The van der Waals surface area contributed by atoms with Crippen molar-refractivity contribution in [1.82, 2.24) is 19.6 Å². The smallest absolute Gasteiger partial charge is 0.272 e. The third-order valence-corrected chi connectivity index (χ3v) is 6.72. The van der Waals surface area contributed by atoms with Crippen molar-refractivity contribution in [3.63, 3.8) is 0 Å². The summed E-state index contributed by atoms with van der Waals surface area (Å²) in [4.78, 5) is 17.8. The second kappa shape index (κ2) is 10.5. The molecule has 2 aromatic heterocycles. The van der Waals surface area contributed by atoms with Gasteiger partial charge in [-0.25, -0.2) is 4.68 Å². The van der Waals surface area contributed by atoms with Crippen LogP contribution in [0.2, 0.25) is 10.0 Å². The molecule has 0 N–H and O–H groups in total. The summed E-state index contributed by atoms with van der Waals surface area (Å²) < 4.78 is 7.12. The lowest BCUT2D eigenvalue weighted by Gasteiger charge is -2.34. The Morgan fingerprint density at radius 2 is 1.74 bits per heavy atom. The van der Waals surface area contributed by atoms with Crippen LogP contribution in [0.4, 0.5) is 0 Å². The van der Waals surface area contributed by atoms with Gasteiger partial charge in [0.15, 0.2) is 5.76 Å². The van der Waals surface area contributed by atoms with Gasteiger partial charge in [-0.15, -0.1) is 0 Å². The van der Waals surface area contributed by atoms with E-state index in [4.69, 9.17) is 27.6 Å². The number of hydrogen-bond donors (Lipinski definition) is 0. The van der Waals surface area contributed by atoms with Gasteiger partial charge in [-0.05, 0) is 35.9 Å². The lowest BCUT2D eigenvalue weighted by molar-refractivity contribution is 0.0641. The van der Waals surface area contributed by atoms with Crippen LogP contribution in [0.1, 0.15) is 16.1 Å². The molecule has 3 heterocycles. The van der Waals surface area contributed by atoms with Gasteiger partial charge in [0.1, 0.15) is 11.4 Å². The van der Waals surface area contributed by atoms with E-state index in [1.165, 1.54) is 5.56 Å². The van der Waals surface area contributed by atoms with Crippen LogP contribution in [0.3, 0.4) is 0 Å². The number of piperazine rings is 1. The number of carbonyl (C=O) groups is 1. The number of aromatic nitrogens is 2. The first-order valence-corrected chi connectivity index (χ1v) is 12.2. The summed E-state index contributed by atoms with van der Waals surface area (Å²) in [6.45, 7) is 3.73. The van der Waals surface area contributed by atoms with Crippen molar-refractivity contribution < 1.29 is 9.21 Å². The monoisotopic (exact) mass is 506 g/mol. The van der Waals surface area contributed by atoms with Gasteiger partial charge < -0.3 is 9.32 Å². The lowest BCUT2D eigenvalue weighted by atomic mass is 10.2. The van der Waals surface area contributed by atoms with Gasteiger partial charge >= 0.3 is 0 Å². The van der Waals surface area contributed by atoms with Gasteiger partial charge in [0.25, 0.3) is 5.91 Å². The average molecular weight is 507 g/mol. The van der Waals surface area contributed by atoms with Gasteiger partial charge in [-0.3, -0.25) is 9.69 Å². The average Bonchev–Trinajstić information content (AvgIpc) is 3.57. The Morgan fingerprint density at radius 3 is 2.46 bits per heavy atom. The first-order chi connectivity index (χ1) is 17.1. The van der Waals surface area contributed by atoms with E-state index in [-0.39, 0.29) is 5.91 Å². The predicted octanol–water partition coefficient (Wildman–Crippen LogP) is 5.91. The molecule has 2 aromatic carbocycles. The van der Waals surface area contributed by atoms with E-state index in [1.807, 2.05) is 29.2 Å². The van der Waals surface area contributed by atoms with Crippen LogP contribution in [0.25, 0.3) is 23.2 Å². The molecule has 0 bridgehead atoms. The van der Waals surface area contributed by atoms with E-state index < -0.39 is 0 Å². The highest BCUT2D eigenvalue weighted by Gasteiger charge is 2.26. The van der Waals surface area contributed by atoms with E-state index in [1.54, 1.807) is 41.3 Å². The second-order valence-corrected chi connectivity index (χ2v) is 9.12. The molecule has 0 atom stereocenters. The van der Waals surface area contributed by atoms with E-state index in [2.05, 4.69) is 34.3 Å². The molecule has 178 valence electrons. The van der Waals surface area contributed by atoms with Crippen LogP contribution in [-0.4, -0.2) is 58.2 Å². The summed E-state index contributed by atoms with van der Waals surface area (Å²) in [6.07, 6.45) is 5.88. The molecule has 6 nitrogen and oxygen atoms in total. The maximum atomic E-state index is 13.6. The fourth-order valence-corrected chi connectivity index (χ4v) is 4.38. The first-order valence-electron chi connectivity index (χ1n) is 11.4. The Labute approximate surface area is 214 Å². The quantitative estimate of drug-likeness (QED) is 0.326. The normalized spacial score (nSPS) is 14.6. The Morgan fingerprint density at radius 1 is 0.943 bits per heavy atom. The van der Waals surface area contributed by atoms with Crippen LogP contribution in [0.15, 0.2) is 83.5 Å². The molecule has 0 radical (unpaired) electrons. The van der Waals surface area contributed by atoms with Crippen molar-refractivity contribution in [2.45, 2.75) is 0 Å². The molecule has 1 fully saturated rings. The summed E-state index contributed by atoms with van der Waals surface area (Å²) in [5.74, 6) is 0.508. The van der Waals surface area contributed by atoms with Crippen molar-refractivity contribution in [2.24, 2.45) is 0 Å². The molecule has 8 heteroatoms. The minimum Gasteiger partial charge on any atom is -0.463 e. The molecule has 1 amide bonds. The van der Waals surface area contributed by atoms with Gasteiger partial charge in [0, 0.05) is 38.8 Å². The van der Waals surface area contributed by atoms with Crippen molar-refractivity contribution >= 4 is 35.2 Å². The summed E-state index contributed by atoms with van der Waals surface area (Å²) >= 11 is 12.4. The van der Waals surface area contributed by atoms with E-state index in [9.17, 15) is 4.79 Å². The molecule has 4 aromatic rings. The van der Waals surface area contributed by atoms with Crippen LogP contribution in [-0.2, 0) is 0 Å². The van der Waals surface area contributed by atoms with Crippen LogP contribution in [0.5, 0.6) is 0 Å². The Bertz CT molecular complexity index is 1320. The van der Waals surface area contributed by atoms with Crippen LogP contribution in [0, 0.1) is 0 Å². The highest BCUT2D eigenvalue weighted by Crippen LogP contribution is 2.28. The van der Waals surface area contributed by atoms with Gasteiger partial charge in [-0.2, -0.15) is 5.10 Å². The maximum Gasteiger partial charge on any atom is 0.272 e. The lowest BCUT2D eigenvalue weighted by Crippen LogP contribution is -2.49. The van der Waals surface area contributed by atoms with E-state index >= 15 is 0 Å². The molecule has 1 aliphatic heterocycles. The molecule has 1 aliphatic rings. The van der Waals surface area contributed by atoms with Gasteiger partial charge in [0.05, 0.1) is 22.0 Å². The number of carbonyl (C=O) groups excluding carboxylic acids is 1. The number of furan rings is 1. The van der Waals surface area contributed by atoms with Gasteiger partial charge in [-0.1, -0.05) is 65.7 Å². The SMILES string of the molecule is O=C(c1cc(-c2ccco2)nn1-c1ccc(Cl)c(Cl)c1)N1CCN(C/C=C/c2ccccc2)CC1. The Balaban J connectivity index is 1.31. The van der Waals surface area contributed by atoms with Crippen molar-refractivity contribution in [3.05, 3.63) is 100 Å². The summed E-state index contributed by atoms with van der Waals surface area (Å²) in [5.41, 5.74) is 2.87. The molecular weight excluding hydrogens is 483 g/mol. The van der Waals surface area contributed by atoms with Gasteiger partial charge in [0.2, 0.25) is 0 Å². The molecule has 0 unspecified atom stereocenters. The number of amides is 1. The van der Waals surface area contributed by atoms with Crippen molar-refractivity contribution in [3.8, 4) is 17.1 Å².